The number of hydrogen-bond acceptors (Lipinski definition) is 7. The maximum atomic E-state index is 12.8. The lowest BCUT2D eigenvalue weighted by molar-refractivity contribution is -0.384. The molecule has 5 aromatic rings. The molecule has 0 aliphatic heterocycles. The van der Waals surface area contributed by atoms with Crippen LogP contribution in [0.15, 0.2) is 77.2 Å². The topological polar surface area (TPSA) is 125 Å². The Labute approximate surface area is 202 Å². The van der Waals surface area contributed by atoms with Gasteiger partial charge in [0.1, 0.15) is 22.5 Å². The van der Waals surface area contributed by atoms with E-state index in [2.05, 4.69) is 15.5 Å². The normalized spacial score (nSPS) is 10.9. The van der Waals surface area contributed by atoms with Gasteiger partial charge >= 0.3 is 0 Å². The lowest BCUT2D eigenvalue weighted by atomic mass is 10.1. The highest BCUT2D eigenvalue weighted by molar-refractivity contribution is 6.34. The van der Waals surface area contributed by atoms with Gasteiger partial charge in [0, 0.05) is 0 Å². The average molecular weight is 490 g/mol. The molecule has 0 spiro atoms. The number of rotatable bonds is 6. The Balaban J connectivity index is 1.41. The number of fused-ring (bicyclic) bond motifs is 1. The SMILES string of the molecule is COc1ccc(-c2ccc(C(=O)Nc3cc4nn(-c5ccccc5)nc4cc3Cl)o2)c([N+](=O)[O-])c1. The third-order valence-corrected chi connectivity index (χ3v) is 5.51. The first-order valence-corrected chi connectivity index (χ1v) is 10.7. The second-order valence-electron chi connectivity index (χ2n) is 7.40. The molecule has 0 aliphatic rings. The first-order valence-electron chi connectivity index (χ1n) is 10.3. The highest BCUT2D eigenvalue weighted by atomic mass is 35.5. The molecule has 35 heavy (non-hydrogen) atoms. The number of furan rings is 1. The summed E-state index contributed by atoms with van der Waals surface area (Å²) in [5.41, 5.74) is 2.19. The first kappa shape index (κ1) is 22.1. The smallest absolute Gasteiger partial charge is 0.291 e. The number of amides is 1. The molecular formula is C24H16ClN5O5. The number of nitro groups is 1. The fourth-order valence-corrected chi connectivity index (χ4v) is 3.70. The van der Waals surface area contributed by atoms with Gasteiger partial charge in [-0.2, -0.15) is 4.80 Å². The molecule has 2 heterocycles. The Morgan fingerprint density at radius 2 is 1.80 bits per heavy atom. The fraction of sp³-hybridized carbons (Fsp3) is 0.0417. The molecule has 10 nitrogen and oxygen atoms in total. The predicted molar refractivity (Wildman–Crippen MR) is 129 cm³/mol. The molecule has 0 unspecified atom stereocenters. The Morgan fingerprint density at radius 1 is 1.06 bits per heavy atom. The summed E-state index contributed by atoms with van der Waals surface area (Å²) < 4.78 is 10.7. The maximum Gasteiger partial charge on any atom is 0.291 e. The molecular weight excluding hydrogens is 474 g/mol. The molecule has 174 valence electrons. The summed E-state index contributed by atoms with van der Waals surface area (Å²) in [6, 6.07) is 19.9. The van der Waals surface area contributed by atoms with Gasteiger partial charge in [0.15, 0.2) is 5.76 Å². The Hall–Kier alpha value is -4.70. The van der Waals surface area contributed by atoms with Crippen LogP contribution >= 0.6 is 11.6 Å². The van der Waals surface area contributed by atoms with Crippen molar-refractivity contribution in [2.75, 3.05) is 12.4 Å². The van der Waals surface area contributed by atoms with Gasteiger partial charge in [-0.25, -0.2) is 0 Å². The number of anilines is 1. The minimum absolute atomic E-state index is 0.0470. The number of nitro benzene ring substituents is 1. The number of para-hydroxylation sites is 1. The third-order valence-electron chi connectivity index (χ3n) is 5.20. The summed E-state index contributed by atoms with van der Waals surface area (Å²) in [7, 11) is 1.42. The molecule has 1 amide bonds. The number of aromatic nitrogens is 3. The van der Waals surface area contributed by atoms with Crippen molar-refractivity contribution in [1.29, 1.82) is 0 Å². The number of nitrogens with one attached hydrogen (secondary N) is 1. The van der Waals surface area contributed by atoms with Crippen LogP contribution in [0.1, 0.15) is 10.6 Å². The van der Waals surface area contributed by atoms with Crippen LogP contribution in [0.2, 0.25) is 5.02 Å². The molecule has 0 saturated carbocycles. The van der Waals surface area contributed by atoms with Crippen LogP contribution in [0, 0.1) is 10.1 Å². The van der Waals surface area contributed by atoms with E-state index in [0.717, 1.165) is 5.69 Å². The lowest BCUT2D eigenvalue weighted by Crippen LogP contribution is -2.11. The second kappa shape index (κ2) is 8.92. The summed E-state index contributed by atoms with van der Waals surface area (Å²) in [4.78, 5) is 25.3. The standard InChI is InChI=1S/C24H16ClN5O5/c1-34-15-7-8-16(21(11-15)30(32)33)22-9-10-23(35-22)24(31)26-18-13-20-19(12-17(18)25)27-29(28-20)14-5-3-2-4-6-14/h2-13H,1H3,(H,26,31). The molecule has 0 radical (unpaired) electrons. The second-order valence-corrected chi connectivity index (χ2v) is 7.81. The van der Waals surface area contributed by atoms with Crippen LogP contribution in [0.3, 0.4) is 0 Å². The molecule has 0 bridgehead atoms. The fourth-order valence-electron chi connectivity index (χ4n) is 3.50. The number of carbonyl (C=O) groups is 1. The van der Waals surface area contributed by atoms with Crippen molar-refractivity contribution >= 4 is 39.9 Å². The lowest BCUT2D eigenvalue weighted by Gasteiger charge is -2.06. The summed E-state index contributed by atoms with van der Waals surface area (Å²) in [6.07, 6.45) is 0. The van der Waals surface area contributed by atoms with Gasteiger partial charge in [-0.1, -0.05) is 29.8 Å². The van der Waals surface area contributed by atoms with Crippen molar-refractivity contribution in [3.63, 3.8) is 0 Å². The number of carbonyl (C=O) groups excluding carboxylic acids is 1. The average Bonchev–Trinajstić information content (AvgIpc) is 3.52. The van der Waals surface area contributed by atoms with Crippen LogP contribution in [-0.2, 0) is 0 Å². The van der Waals surface area contributed by atoms with E-state index in [-0.39, 0.29) is 27.8 Å². The minimum Gasteiger partial charge on any atom is -0.497 e. The Bertz CT molecular complexity index is 1580. The quantitative estimate of drug-likeness (QED) is 0.246. The summed E-state index contributed by atoms with van der Waals surface area (Å²) >= 11 is 6.37. The van der Waals surface area contributed by atoms with Gasteiger partial charge in [-0.05, 0) is 48.5 Å². The van der Waals surface area contributed by atoms with Gasteiger partial charge in [-0.3, -0.25) is 14.9 Å². The number of methoxy groups -OCH3 is 1. The zero-order valence-electron chi connectivity index (χ0n) is 18.1. The van der Waals surface area contributed by atoms with Gasteiger partial charge in [0.05, 0.1) is 40.1 Å². The third kappa shape index (κ3) is 4.30. The largest absolute Gasteiger partial charge is 0.497 e. The van der Waals surface area contributed by atoms with Crippen molar-refractivity contribution in [3.8, 4) is 22.8 Å². The van der Waals surface area contributed by atoms with Crippen molar-refractivity contribution in [3.05, 3.63) is 93.7 Å². The van der Waals surface area contributed by atoms with E-state index in [1.165, 1.54) is 36.2 Å². The number of halogens is 1. The highest BCUT2D eigenvalue weighted by Gasteiger charge is 2.21. The zero-order chi connectivity index (χ0) is 24.5. The van der Waals surface area contributed by atoms with Gasteiger partial charge in [0.25, 0.3) is 11.6 Å². The Kier molecular flexibility index (Phi) is 5.63. The van der Waals surface area contributed by atoms with E-state index in [4.69, 9.17) is 20.8 Å². The summed E-state index contributed by atoms with van der Waals surface area (Å²) in [6.45, 7) is 0. The van der Waals surface area contributed by atoms with E-state index in [0.29, 0.717) is 22.5 Å². The van der Waals surface area contributed by atoms with Crippen molar-refractivity contribution in [2.45, 2.75) is 0 Å². The van der Waals surface area contributed by atoms with Gasteiger partial charge in [-0.15, -0.1) is 10.2 Å². The van der Waals surface area contributed by atoms with Crippen LogP contribution in [-0.4, -0.2) is 32.9 Å². The van der Waals surface area contributed by atoms with E-state index in [1.807, 2.05) is 30.3 Å². The molecule has 0 atom stereocenters. The summed E-state index contributed by atoms with van der Waals surface area (Å²) in [5.74, 6) is -0.130. The molecule has 5 rings (SSSR count). The minimum atomic E-state index is -0.580. The predicted octanol–water partition coefficient (Wildman–Crippen LogP) is 5.50. The molecule has 0 fully saturated rings. The van der Waals surface area contributed by atoms with Gasteiger partial charge in [0.2, 0.25) is 0 Å². The molecule has 0 aliphatic carbocycles. The van der Waals surface area contributed by atoms with E-state index < -0.39 is 10.8 Å². The van der Waals surface area contributed by atoms with E-state index in [9.17, 15) is 14.9 Å². The Morgan fingerprint density at radius 3 is 2.51 bits per heavy atom. The van der Waals surface area contributed by atoms with Crippen LogP contribution in [0.5, 0.6) is 5.75 Å². The number of benzene rings is 3. The van der Waals surface area contributed by atoms with Crippen molar-refractivity contribution < 1.29 is 18.9 Å². The molecule has 11 heteroatoms. The maximum absolute atomic E-state index is 12.8. The van der Waals surface area contributed by atoms with E-state index >= 15 is 0 Å². The van der Waals surface area contributed by atoms with Gasteiger partial charge < -0.3 is 14.5 Å². The monoisotopic (exact) mass is 489 g/mol. The molecule has 0 saturated heterocycles. The number of hydrogen-bond donors (Lipinski definition) is 1. The first-order chi connectivity index (χ1) is 16.9. The van der Waals surface area contributed by atoms with Crippen LogP contribution in [0.25, 0.3) is 28.0 Å². The zero-order valence-corrected chi connectivity index (χ0v) is 18.9. The summed E-state index contributed by atoms with van der Waals surface area (Å²) in [5, 5.41) is 23.3. The van der Waals surface area contributed by atoms with Crippen molar-refractivity contribution in [2.24, 2.45) is 0 Å². The number of nitrogens with zero attached hydrogens (tertiary/aromatic N) is 4. The van der Waals surface area contributed by atoms with Crippen LogP contribution in [0.4, 0.5) is 11.4 Å². The van der Waals surface area contributed by atoms with E-state index in [1.54, 1.807) is 18.2 Å². The number of ether oxygens (including phenoxy) is 1. The molecule has 2 aromatic heterocycles. The highest BCUT2D eigenvalue weighted by Crippen LogP contribution is 2.34. The van der Waals surface area contributed by atoms with Crippen LogP contribution < -0.4 is 10.1 Å². The molecule has 3 aromatic carbocycles. The van der Waals surface area contributed by atoms with Crippen molar-refractivity contribution in [1.82, 2.24) is 15.0 Å². The molecule has 1 N–H and O–H groups in total.